The van der Waals surface area contributed by atoms with Crippen molar-refractivity contribution in [3.05, 3.63) is 30.3 Å². The maximum atomic E-state index is 5.31. The molecule has 4 nitrogen and oxygen atoms in total. The third kappa shape index (κ3) is 3.67. The Bertz CT molecular complexity index is 416. The van der Waals surface area contributed by atoms with Gasteiger partial charge in [-0.3, -0.25) is 0 Å². The Morgan fingerprint density at radius 1 is 1.33 bits per heavy atom. The van der Waals surface area contributed by atoms with E-state index in [9.17, 15) is 0 Å². The second-order valence-electron chi connectivity index (χ2n) is 4.07. The summed E-state index contributed by atoms with van der Waals surface area (Å²) in [4.78, 5) is 8.65. The van der Waals surface area contributed by atoms with E-state index in [1.54, 1.807) is 0 Å². The summed E-state index contributed by atoms with van der Waals surface area (Å²) in [5.41, 5.74) is 1.12. The number of aliphatic imine (C=N–C) groups is 1. The molecular weight excluding hydrogens is 293 g/mol. The molecule has 1 heterocycles. The molecule has 0 bridgehead atoms. The first-order chi connectivity index (χ1) is 8.77. The van der Waals surface area contributed by atoms with E-state index in [4.69, 9.17) is 4.74 Å². The average Bonchev–Trinajstić information content (AvgIpc) is 2.46. The summed E-state index contributed by atoms with van der Waals surface area (Å²) >= 11 is 3.02. The van der Waals surface area contributed by atoms with E-state index in [0.29, 0.717) is 0 Å². The summed E-state index contributed by atoms with van der Waals surface area (Å²) in [7, 11) is 1.99. The molecule has 5 heteroatoms. The van der Waals surface area contributed by atoms with Crippen LogP contribution in [0.5, 0.6) is 0 Å². The molecule has 96 valence electrons. The predicted octanol–water partition coefficient (Wildman–Crippen LogP) is 0.739. The Labute approximate surface area is 116 Å². The summed E-state index contributed by atoms with van der Waals surface area (Å²) in [6, 6.07) is 10.2. The summed E-state index contributed by atoms with van der Waals surface area (Å²) in [5, 5.41) is 0. The van der Waals surface area contributed by atoms with Gasteiger partial charge in [0.1, 0.15) is 0 Å². The van der Waals surface area contributed by atoms with Gasteiger partial charge >= 0.3 is 115 Å². The third-order valence-corrected chi connectivity index (χ3v) is 3.55. The number of rotatable bonds is 4. The maximum absolute atomic E-state index is 5.31. The van der Waals surface area contributed by atoms with Crippen molar-refractivity contribution in [2.45, 2.75) is 0 Å². The van der Waals surface area contributed by atoms with Crippen LogP contribution in [0.15, 0.2) is 35.3 Å². The zero-order valence-corrected chi connectivity index (χ0v) is 12.2. The van der Waals surface area contributed by atoms with E-state index in [1.807, 2.05) is 36.5 Å². The van der Waals surface area contributed by atoms with Gasteiger partial charge in [-0.15, -0.1) is 0 Å². The summed E-state index contributed by atoms with van der Waals surface area (Å²) in [6.07, 6.45) is 1.83. The Hall–Kier alpha value is -1.16. The number of hydrogen-bond acceptors (Lipinski definition) is 3. The molecule has 0 atom stereocenters. The Morgan fingerprint density at radius 3 is 2.67 bits per heavy atom. The number of ether oxygens (including phenoxy) is 1. The van der Waals surface area contributed by atoms with E-state index in [-0.39, 0.29) is 0 Å². The first kappa shape index (κ1) is 13.3. The number of benzene rings is 1. The van der Waals surface area contributed by atoms with Gasteiger partial charge < -0.3 is 0 Å². The van der Waals surface area contributed by atoms with Crippen LogP contribution >= 0.6 is 0 Å². The molecule has 0 amide bonds. The van der Waals surface area contributed by atoms with Crippen molar-refractivity contribution in [1.29, 1.82) is 0 Å². The summed E-state index contributed by atoms with van der Waals surface area (Å²) in [6.45, 7) is 3.34. The van der Waals surface area contributed by atoms with E-state index in [0.717, 1.165) is 36.7 Å². The second-order valence-corrected chi connectivity index (χ2v) is 4.84. The molecule has 1 aliphatic heterocycles. The molecule has 0 radical (unpaired) electrons. The van der Waals surface area contributed by atoms with Crippen LogP contribution in [-0.4, -0.2) is 64.8 Å². The van der Waals surface area contributed by atoms with Gasteiger partial charge in [0.05, 0.1) is 0 Å². The molecule has 1 aliphatic rings. The first-order valence-corrected chi connectivity index (χ1v) is 6.82. The van der Waals surface area contributed by atoms with Gasteiger partial charge in [0.25, 0.3) is 0 Å². The minimum atomic E-state index is 0.773. The Morgan fingerprint density at radius 2 is 2.00 bits per heavy atom. The summed E-state index contributed by atoms with van der Waals surface area (Å²) in [5.74, 6) is 0. The van der Waals surface area contributed by atoms with Crippen molar-refractivity contribution >= 4 is 32.3 Å². The van der Waals surface area contributed by atoms with Crippen molar-refractivity contribution in [1.82, 2.24) is 4.90 Å². The van der Waals surface area contributed by atoms with Crippen LogP contribution in [0.3, 0.4) is 0 Å². The fourth-order valence-corrected chi connectivity index (χ4v) is 2.18. The average molecular weight is 310 g/mol. The number of para-hydroxylation sites is 1. The molecule has 0 unspecified atom stereocenters. The van der Waals surface area contributed by atoms with Crippen molar-refractivity contribution < 1.29 is 4.74 Å². The molecule has 0 aliphatic carbocycles. The van der Waals surface area contributed by atoms with Gasteiger partial charge in [0, 0.05) is 0 Å². The van der Waals surface area contributed by atoms with Crippen molar-refractivity contribution in [2.24, 2.45) is 4.99 Å². The van der Waals surface area contributed by atoms with Gasteiger partial charge in [0.15, 0.2) is 0 Å². The second kappa shape index (κ2) is 6.69. The van der Waals surface area contributed by atoms with Gasteiger partial charge in [-0.2, -0.15) is 0 Å². The molecule has 18 heavy (non-hydrogen) atoms. The number of morpholine rings is 1. The quantitative estimate of drug-likeness (QED) is 0.466. The molecule has 1 aromatic carbocycles. The van der Waals surface area contributed by atoms with Gasteiger partial charge in [-0.25, -0.2) is 0 Å². The van der Waals surface area contributed by atoms with Crippen molar-refractivity contribution in [2.75, 3.05) is 38.3 Å². The standard InChI is InChI=1S/C13H17N3OSe/c1-15(12-5-3-2-4-6-12)11-14-13(18)16-7-9-17-10-8-16/h2-6,11H,7-10H2,1H3. The van der Waals surface area contributed by atoms with Gasteiger partial charge in [-0.1, -0.05) is 0 Å². The van der Waals surface area contributed by atoms with Crippen LogP contribution in [0.4, 0.5) is 5.69 Å². The first-order valence-electron chi connectivity index (χ1n) is 5.96. The topological polar surface area (TPSA) is 28.1 Å². The van der Waals surface area contributed by atoms with Crippen molar-refractivity contribution in [3.8, 4) is 0 Å². The van der Waals surface area contributed by atoms with Crippen LogP contribution in [-0.2, 0) is 4.74 Å². The van der Waals surface area contributed by atoms with Crippen LogP contribution < -0.4 is 4.90 Å². The SMILES string of the molecule is CN(C=NC(=[Se])N1CCOCC1)c1ccccc1. The van der Waals surface area contributed by atoms with Gasteiger partial charge in [-0.05, 0) is 0 Å². The van der Waals surface area contributed by atoms with E-state index < -0.39 is 0 Å². The molecule has 2 rings (SSSR count). The zero-order chi connectivity index (χ0) is 12.8. The van der Waals surface area contributed by atoms with Crippen molar-refractivity contribution in [3.63, 3.8) is 0 Å². The molecule has 1 fully saturated rings. The van der Waals surface area contributed by atoms with Crippen LogP contribution in [0.2, 0.25) is 0 Å². The van der Waals surface area contributed by atoms with E-state index >= 15 is 0 Å². The molecule has 0 saturated carbocycles. The van der Waals surface area contributed by atoms with E-state index in [1.165, 1.54) is 0 Å². The number of nitrogens with zero attached hydrogens (tertiary/aromatic N) is 3. The zero-order valence-electron chi connectivity index (χ0n) is 10.5. The molecule has 0 aromatic heterocycles. The molecule has 1 saturated heterocycles. The van der Waals surface area contributed by atoms with Gasteiger partial charge in [0.2, 0.25) is 0 Å². The molecule has 0 N–H and O–H groups in total. The van der Waals surface area contributed by atoms with Crippen LogP contribution in [0.25, 0.3) is 0 Å². The van der Waals surface area contributed by atoms with Crippen LogP contribution in [0.1, 0.15) is 0 Å². The monoisotopic (exact) mass is 311 g/mol. The fourth-order valence-electron chi connectivity index (χ4n) is 1.70. The molecule has 1 aromatic rings. The number of anilines is 1. The fraction of sp³-hybridized carbons (Fsp3) is 0.385. The molecular formula is C13H17N3OSe. The van der Waals surface area contributed by atoms with Crippen LogP contribution in [0, 0.1) is 0 Å². The molecule has 0 spiro atoms. The third-order valence-electron chi connectivity index (χ3n) is 2.79. The minimum absolute atomic E-state index is 0.773. The van der Waals surface area contributed by atoms with E-state index in [2.05, 4.69) is 37.6 Å². The summed E-state index contributed by atoms with van der Waals surface area (Å²) < 4.78 is 6.23. The number of hydrogen-bond donors (Lipinski definition) is 0. The Balaban J connectivity index is 1.92. The predicted molar refractivity (Wildman–Crippen MR) is 76.5 cm³/mol. The normalized spacial score (nSPS) is 15.9. The Kier molecular flexibility index (Phi) is 4.93.